The van der Waals surface area contributed by atoms with Crippen molar-refractivity contribution in [1.29, 1.82) is 0 Å². The van der Waals surface area contributed by atoms with E-state index in [1.54, 1.807) is 25.3 Å². The van der Waals surface area contributed by atoms with Gasteiger partial charge < -0.3 is 10.1 Å². The van der Waals surface area contributed by atoms with Crippen molar-refractivity contribution >= 4 is 29.1 Å². The Morgan fingerprint density at radius 2 is 1.75 bits per heavy atom. The molecule has 0 saturated heterocycles. The van der Waals surface area contributed by atoms with Crippen molar-refractivity contribution in [3.8, 4) is 5.75 Å². The molecule has 1 amide bonds. The molecule has 5 heteroatoms. The van der Waals surface area contributed by atoms with Crippen LogP contribution in [0.2, 0.25) is 10.0 Å². The van der Waals surface area contributed by atoms with E-state index in [1.165, 1.54) is 0 Å². The second kappa shape index (κ2) is 8.95. The molecule has 1 atom stereocenters. The van der Waals surface area contributed by atoms with Crippen LogP contribution in [0.4, 0.5) is 0 Å². The fourth-order valence-electron chi connectivity index (χ4n) is 2.53. The third-order valence-corrected chi connectivity index (χ3v) is 4.63. The van der Waals surface area contributed by atoms with Gasteiger partial charge >= 0.3 is 0 Å². The van der Waals surface area contributed by atoms with Gasteiger partial charge in [-0.25, -0.2) is 0 Å². The summed E-state index contributed by atoms with van der Waals surface area (Å²) in [6, 6.07) is 13.1. The molecule has 0 aliphatic heterocycles. The summed E-state index contributed by atoms with van der Waals surface area (Å²) >= 11 is 12.3. The Morgan fingerprint density at radius 3 is 2.29 bits per heavy atom. The van der Waals surface area contributed by atoms with E-state index in [9.17, 15) is 4.79 Å². The van der Waals surface area contributed by atoms with Gasteiger partial charge in [0.1, 0.15) is 5.75 Å². The topological polar surface area (TPSA) is 38.3 Å². The molecule has 0 spiro atoms. The first-order valence-electron chi connectivity index (χ1n) is 7.91. The van der Waals surface area contributed by atoms with Gasteiger partial charge in [0.15, 0.2) is 0 Å². The van der Waals surface area contributed by atoms with Gasteiger partial charge in [0.25, 0.3) is 0 Å². The minimum Gasteiger partial charge on any atom is -0.497 e. The van der Waals surface area contributed by atoms with E-state index in [0.29, 0.717) is 22.9 Å². The highest BCUT2D eigenvalue weighted by Gasteiger charge is 2.14. The van der Waals surface area contributed by atoms with Gasteiger partial charge in [-0.15, -0.1) is 0 Å². The monoisotopic (exact) mass is 365 g/mol. The fourth-order valence-corrected chi connectivity index (χ4v) is 3.12. The summed E-state index contributed by atoms with van der Waals surface area (Å²) in [5.41, 5.74) is 1.87. The van der Waals surface area contributed by atoms with Crippen molar-refractivity contribution in [2.45, 2.75) is 32.2 Å². The van der Waals surface area contributed by atoms with E-state index >= 15 is 0 Å². The normalized spacial score (nSPS) is 11.8. The molecular weight excluding hydrogens is 345 g/mol. The van der Waals surface area contributed by atoms with E-state index in [1.807, 2.05) is 31.2 Å². The second-order valence-corrected chi connectivity index (χ2v) is 6.32. The van der Waals surface area contributed by atoms with Crippen LogP contribution in [-0.4, -0.2) is 13.0 Å². The highest BCUT2D eigenvalue weighted by atomic mass is 35.5. The van der Waals surface area contributed by atoms with Gasteiger partial charge in [0.2, 0.25) is 5.91 Å². The standard InChI is InChI=1S/C19H21Cl2NO2/c1-3-18(13-7-9-14(24-2)10-8-13)22-19(23)12-11-15-16(20)5-4-6-17(15)21/h4-10,18H,3,11-12H2,1-2H3,(H,22,23). The first-order chi connectivity index (χ1) is 11.5. The Balaban J connectivity index is 1.96. The number of benzene rings is 2. The van der Waals surface area contributed by atoms with Gasteiger partial charge in [-0.1, -0.05) is 48.3 Å². The highest BCUT2D eigenvalue weighted by Crippen LogP contribution is 2.26. The van der Waals surface area contributed by atoms with E-state index in [0.717, 1.165) is 23.3 Å². The SMILES string of the molecule is CCC(NC(=O)CCc1c(Cl)cccc1Cl)c1ccc(OC)cc1. The molecule has 24 heavy (non-hydrogen) atoms. The quantitative estimate of drug-likeness (QED) is 0.731. The fraction of sp³-hybridized carbons (Fsp3) is 0.316. The summed E-state index contributed by atoms with van der Waals surface area (Å²) < 4.78 is 5.16. The van der Waals surface area contributed by atoms with Crippen LogP contribution in [0, 0.1) is 0 Å². The van der Waals surface area contributed by atoms with Crippen molar-refractivity contribution in [2.24, 2.45) is 0 Å². The van der Waals surface area contributed by atoms with Crippen LogP contribution >= 0.6 is 23.2 Å². The third-order valence-electron chi connectivity index (χ3n) is 3.93. The summed E-state index contributed by atoms with van der Waals surface area (Å²) in [5.74, 6) is 0.780. The Labute approximate surface area is 152 Å². The lowest BCUT2D eigenvalue weighted by Crippen LogP contribution is -2.28. The van der Waals surface area contributed by atoms with Crippen LogP contribution in [-0.2, 0) is 11.2 Å². The maximum Gasteiger partial charge on any atom is 0.220 e. The largest absolute Gasteiger partial charge is 0.497 e. The molecule has 2 aromatic carbocycles. The zero-order valence-corrected chi connectivity index (χ0v) is 15.3. The average molecular weight is 366 g/mol. The van der Waals surface area contributed by atoms with Gasteiger partial charge in [-0.3, -0.25) is 4.79 Å². The van der Waals surface area contributed by atoms with E-state index < -0.39 is 0 Å². The summed E-state index contributed by atoms with van der Waals surface area (Å²) in [6.07, 6.45) is 1.67. The Bertz CT molecular complexity index is 666. The highest BCUT2D eigenvalue weighted by molar-refractivity contribution is 6.36. The molecule has 1 N–H and O–H groups in total. The molecule has 0 aliphatic carbocycles. The average Bonchev–Trinajstić information content (AvgIpc) is 2.59. The number of ether oxygens (including phenoxy) is 1. The summed E-state index contributed by atoms with van der Waals surface area (Å²) in [5, 5.41) is 4.25. The van der Waals surface area contributed by atoms with Gasteiger partial charge in [-0.2, -0.15) is 0 Å². The van der Waals surface area contributed by atoms with Crippen LogP contribution in [0.5, 0.6) is 5.75 Å². The molecule has 0 aromatic heterocycles. The maximum atomic E-state index is 12.3. The molecule has 0 heterocycles. The molecule has 0 bridgehead atoms. The van der Waals surface area contributed by atoms with Crippen molar-refractivity contribution in [1.82, 2.24) is 5.32 Å². The van der Waals surface area contributed by atoms with Gasteiger partial charge in [-0.05, 0) is 48.2 Å². The lowest BCUT2D eigenvalue weighted by Gasteiger charge is -2.18. The summed E-state index contributed by atoms with van der Waals surface area (Å²) in [7, 11) is 1.63. The molecule has 1 unspecified atom stereocenters. The number of carbonyl (C=O) groups excluding carboxylic acids is 1. The minimum absolute atomic E-state index is 0.0198. The lowest BCUT2D eigenvalue weighted by molar-refractivity contribution is -0.121. The Kier molecular flexibility index (Phi) is 6.95. The predicted molar refractivity (Wildman–Crippen MR) is 99.0 cm³/mol. The predicted octanol–water partition coefficient (Wildman–Crippen LogP) is 5.20. The first kappa shape index (κ1) is 18.6. The minimum atomic E-state index is -0.0230. The summed E-state index contributed by atoms with van der Waals surface area (Å²) in [4.78, 5) is 12.3. The van der Waals surface area contributed by atoms with E-state index in [-0.39, 0.29) is 11.9 Å². The first-order valence-corrected chi connectivity index (χ1v) is 8.67. The molecule has 0 radical (unpaired) electrons. The van der Waals surface area contributed by atoms with Gasteiger partial charge in [0.05, 0.1) is 13.2 Å². The number of rotatable bonds is 7. The van der Waals surface area contributed by atoms with E-state index in [4.69, 9.17) is 27.9 Å². The lowest BCUT2D eigenvalue weighted by atomic mass is 10.0. The number of halogens is 2. The molecule has 2 rings (SSSR count). The smallest absolute Gasteiger partial charge is 0.220 e. The van der Waals surface area contributed by atoms with Crippen LogP contribution in [0.15, 0.2) is 42.5 Å². The number of nitrogens with one attached hydrogen (secondary N) is 1. The second-order valence-electron chi connectivity index (χ2n) is 5.50. The van der Waals surface area contributed by atoms with Crippen molar-refractivity contribution in [3.05, 3.63) is 63.6 Å². The number of amides is 1. The molecule has 0 aliphatic rings. The number of hydrogen-bond donors (Lipinski definition) is 1. The Hall–Kier alpha value is -1.71. The third kappa shape index (κ3) is 4.89. The van der Waals surface area contributed by atoms with Crippen molar-refractivity contribution < 1.29 is 9.53 Å². The molecule has 0 fully saturated rings. The molecule has 128 valence electrons. The molecule has 3 nitrogen and oxygen atoms in total. The van der Waals surface area contributed by atoms with Crippen molar-refractivity contribution in [3.63, 3.8) is 0 Å². The summed E-state index contributed by atoms with van der Waals surface area (Å²) in [6.45, 7) is 2.04. The van der Waals surface area contributed by atoms with Crippen molar-refractivity contribution in [2.75, 3.05) is 7.11 Å². The number of hydrogen-bond acceptors (Lipinski definition) is 2. The molecular formula is C19H21Cl2NO2. The van der Waals surface area contributed by atoms with Crippen LogP contribution in [0.1, 0.15) is 36.9 Å². The van der Waals surface area contributed by atoms with Crippen LogP contribution in [0.25, 0.3) is 0 Å². The van der Waals surface area contributed by atoms with Crippen LogP contribution < -0.4 is 10.1 Å². The number of carbonyl (C=O) groups is 1. The molecule has 2 aromatic rings. The van der Waals surface area contributed by atoms with Crippen LogP contribution in [0.3, 0.4) is 0 Å². The zero-order valence-electron chi connectivity index (χ0n) is 13.8. The van der Waals surface area contributed by atoms with Gasteiger partial charge in [0, 0.05) is 16.5 Å². The maximum absolute atomic E-state index is 12.3. The zero-order chi connectivity index (χ0) is 17.5. The Morgan fingerprint density at radius 1 is 1.12 bits per heavy atom. The number of methoxy groups -OCH3 is 1. The van der Waals surface area contributed by atoms with E-state index in [2.05, 4.69) is 5.32 Å². The molecule has 0 saturated carbocycles.